The molecule has 0 fully saturated rings. The molecule has 0 saturated carbocycles. The molecular weight excluding hydrogens is 261 g/mol. The summed E-state index contributed by atoms with van der Waals surface area (Å²) in [5.74, 6) is -0.316. The number of anilines is 1. The lowest BCUT2D eigenvalue weighted by Gasteiger charge is -2.09. The molecule has 3 heteroatoms. The van der Waals surface area contributed by atoms with Crippen molar-refractivity contribution in [1.29, 1.82) is 0 Å². The van der Waals surface area contributed by atoms with E-state index in [2.05, 4.69) is 23.5 Å². The van der Waals surface area contributed by atoms with Gasteiger partial charge >= 0.3 is 0 Å². The van der Waals surface area contributed by atoms with Crippen LogP contribution in [0.2, 0.25) is 5.02 Å². The Bertz CT molecular complexity index is 589. The molecule has 0 heterocycles. The molecule has 0 saturated heterocycles. The van der Waals surface area contributed by atoms with Crippen molar-refractivity contribution in [3.8, 4) is 0 Å². The summed E-state index contributed by atoms with van der Waals surface area (Å²) in [6.07, 6.45) is 3.63. The summed E-state index contributed by atoms with van der Waals surface area (Å²) < 4.78 is 13.2. The fraction of sp³-hybridized carbons (Fsp3) is 0.250. The van der Waals surface area contributed by atoms with Gasteiger partial charge in [0.05, 0.1) is 0 Å². The first-order chi connectivity index (χ1) is 9.20. The molecule has 0 spiro atoms. The molecule has 0 unspecified atom stereocenters. The quantitative estimate of drug-likeness (QED) is 0.864. The van der Waals surface area contributed by atoms with Gasteiger partial charge in [0.15, 0.2) is 0 Å². The second-order valence-electron chi connectivity index (χ2n) is 4.97. The van der Waals surface area contributed by atoms with Gasteiger partial charge in [0.1, 0.15) is 5.82 Å². The topological polar surface area (TPSA) is 12.0 Å². The van der Waals surface area contributed by atoms with Gasteiger partial charge in [-0.15, -0.1) is 0 Å². The largest absolute Gasteiger partial charge is 0.381 e. The fourth-order valence-electron chi connectivity index (χ4n) is 2.60. The molecule has 2 aromatic rings. The van der Waals surface area contributed by atoms with Crippen LogP contribution in [0.5, 0.6) is 0 Å². The van der Waals surface area contributed by atoms with Crippen LogP contribution in [0.4, 0.5) is 10.1 Å². The second kappa shape index (κ2) is 5.22. The van der Waals surface area contributed by atoms with Crippen LogP contribution in [0.25, 0.3) is 0 Å². The van der Waals surface area contributed by atoms with E-state index in [4.69, 9.17) is 11.6 Å². The summed E-state index contributed by atoms with van der Waals surface area (Å²) >= 11 is 5.83. The molecule has 1 nitrogen and oxygen atoms in total. The third kappa shape index (κ3) is 2.90. The SMILES string of the molecule is Fc1cc(Cl)cc(NCc2ccc3c(c2)CCC3)c1. The maximum atomic E-state index is 13.2. The van der Waals surface area contributed by atoms with E-state index in [0.29, 0.717) is 17.3 Å². The Morgan fingerprint density at radius 1 is 1.05 bits per heavy atom. The summed E-state index contributed by atoms with van der Waals surface area (Å²) in [6.45, 7) is 0.688. The Morgan fingerprint density at radius 3 is 2.74 bits per heavy atom. The zero-order chi connectivity index (χ0) is 13.2. The van der Waals surface area contributed by atoms with Gasteiger partial charge in [-0.3, -0.25) is 0 Å². The average molecular weight is 276 g/mol. The normalized spacial score (nSPS) is 13.4. The lowest BCUT2D eigenvalue weighted by Crippen LogP contribution is -2.00. The third-order valence-electron chi connectivity index (χ3n) is 3.52. The zero-order valence-electron chi connectivity index (χ0n) is 10.5. The van der Waals surface area contributed by atoms with Crippen LogP contribution in [0.1, 0.15) is 23.1 Å². The van der Waals surface area contributed by atoms with E-state index in [1.54, 1.807) is 6.07 Å². The number of hydrogen-bond acceptors (Lipinski definition) is 1. The van der Waals surface area contributed by atoms with Gasteiger partial charge in [0, 0.05) is 17.3 Å². The summed E-state index contributed by atoms with van der Waals surface area (Å²) in [6, 6.07) is 11.1. The minimum Gasteiger partial charge on any atom is -0.381 e. The van der Waals surface area contributed by atoms with Crippen molar-refractivity contribution in [2.45, 2.75) is 25.8 Å². The standard InChI is InChI=1S/C16H15ClFN/c17-14-7-15(18)9-16(8-14)19-10-11-4-5-12-2-1-3-13(12)6-11/h4-9,19H,1-3,10H2. The Labute approximate surface area is 117 Å². The van der Waals surface area contributed by atoms with Crippen LogP contribution >= 0.6 is 11.6 Å². The van der Waals surface area contributed by atoms with Crippen molar-refractivity contribution in [2.24, 2.45) is 0 Å². The van der Waals surface area contributed by atoms with Crippen LogP contribution in [-0.2, 0) is 19.4 Å². The number of rotatable bonds is 3. The first-order valence-corrected chi connectivity index (χ1v) is 6.89. The van der Waals surface area contributed by atoms with E-state index in [9.17, 15) is 4.39 Å². The predicted molar refractivity (Wildman–Crippen MR) is 77.2 cm³/mol. The highest BCUT2D eigenvalue weighted by Gasteiger charge is 2.10. The van der Waals surface area contributed by atoms with E-state index in [1.165, 1.54) is 48.1 Å². The molecule has 3 rings (SSSR count). The van der Waals surface area contributed by atoms with Crippen molar-refractivity contribution >= 4 is 17.3 Å². The van der Waals surface area contributed by atoms with Crippen LogP contribution in [0.15, 0.2) is 36.4 Å². The lowest BCUT2D eigenvalue weighted by molar-refractivity contribution is 0.628. The monoisotopic (exact) mass is 275 g/mol. The van der Waals surface area contributed by atoms with Crippen molar-refractivity contribution in [1.82, 2.24) is 0 Å². The molecule has 0 atom stereocenters. The van der Waals surface area contributed by atoms with Gasteiger partial charge in [-0.05, 0) is 54.2 Å². The summed E-state index contributed by atoms with van der Waals surface area (Å²) in [4.78, 5) is 0. The molecule has 19 heavy (non-hydrogen) atoms. The van der Waals surface area contributed by atoms with Crippen molar-refractivity contribution < 1.29 is 4.39 Å². The number of aryl methyl sites for hydroxylation is 2. The highest BCUT2D eigenvalue weighted by atomic mass is 35.5. The molecule has 1 aliphatic rings. The number of halogens is 2. The van der Waals surface area contributed by atoms with E-state index in [-0.39, 0.29) is 5.82 Å². The molecule has 0 bridgehead atoms. The highest BCUT2D eigenvalue weighted by molar-refractivity contribution is 6.30. The van der Waals surface area contributed by atoms with Gasteiger partial charge < -0.3 is 5.32 Å². The van der Waals surface area contributed by atoms with Gasteiger partial charge in [0.25, 0.3) is 0 Å². The van der Waals surface area contributed by atoms with Crippen LogP contribution in [-0.4, -0.2) is 0 Å². The van der Waals surface area contributed by atoms with Gasteiger partial charge in [-0.1, -0.05) is 29.8 Å². The maximum Gasteiger partial charge on any atom is 0.126 e. The van der Waals surface area contributed by atoms with Crippen LogP contribution < -0.4 is 5.32 Å². The molecule has 0 aromatic heterocycles. The summed E-state index contributed by atoms with van der Waals surface area (Å²) in [5, 5.41) is 3.62. The molecule has 1 aliphatic carbocycles. The Kier molecular flexibility index (Phi) is 3.43. The predicted octanol–water partition coefficient (Wildman–Crippen LogP) is 4.58. The van der Waals surface area contributed by atoms with Gasteiger partial charge in [-0.2, -0.15) is 0 Å². The van der Waals surface area contributed by atoms with Gasteiger partial charge in [-0.25, -0.2) is 4.39 Å². The van der Waals surface area contributed by atoms with E-state index in [0.717, 1.165) is 0 Å². The van der Waals surface area contributed by atoms with E-state index >= 15 is 0 Å². The van der Waals surface area contributed by atoms with Gasteiger partial charge in [0.2, 0.25) is 0 Å². The van der Waals surface area contributed by atoms with Crippen LogP contribution in [0.3, 0.4) is 0 Å². The molecule has 2 aromatic carbocycles. The molecule has 0 radical (unpaired) electrons. The Hall–Kier alpha value is -1.54. The Balaban J connectivity index is 1.72. The molecule has 0 aliphatic heterocycles. The third-order valence-corrected chi connectivity index (χ3v) is 3.74. The minimum atomic E-state index is -0.316. The van der Waals surface area contributed by atoms with E-state index < -0.39 is 0 Å². The summed E-state index contributed by atoms with van der Waals surface area (Å²) in [7, 11) is 0. The van der Waals surface area contributed by atoms with Crippen LogP contribution in [0, 0.1) is 5.82 Å². The highest BCUT2D eigenvalue weighted by Crippen LogP contribution is 2.24. The van der Waals surface area contributed by atoms with Crippen molar-refractivity contribution in [3.05, 3.63) is 63.9 Å². The fourth-order valence-corrected chi connectivity index (χ4v) is 2.82. The average Bonchev–Trinajstić information content (AvgIpc) is 2.82. The number of benzene rings is 2. The number of fused-ring (bicyclic) bond motifs is 1. The molecule has 0 amide bonds. The zero-order valence-corrected chi connectivity index (χ0v) is 11.3. The number of nitrogens with one attached hydrogen (secondary N) is 1. The van der Waals surface area contributed by atoms with Crippen molar-refractivity contribution in [2.75, 3.05) is 5.32 Å². The Morgan fingerprint density at radius 2 is 1.89 bits per heavy atom. The van der Waals surface area contributed by atoms with E-state index in [1.807, 2.05) is 0 Å². The van der Waals surface area contributed by atoms with Crippen molar-refractivity contribution in [3.63, 3.8) is 0 Å². The first kappa shape index (κ1) is 12.5. The molecule has 98 valence electrons. The lowest BCUT2D eigenvalue weighted by atomic mass is 10.1. The molecular formula is C16H15ClFN. The smallest absolute Gasteiger partial charge is 0.126 e. The summed E-state index contributed by atoms with van der Waals surface area (Å²) in [5.41, 5.74) is 4.86. The maximum absolute atomic E-state index is 13.2. The second-order valence-corrected chi connectivity index (χ2v) is 5.40. The first-order valence-electron chi connectivity index (χ1n) is 6.51. The molecule has 1 N–H and O–H groups in total. The minimum absolute atomic E-state index is 0.316. The number of hydrogen-bond donors (Lipinski definition) is 1.